The first kappa shape index (κ1) is 11.0. The van der Waals surface area contributed by atoms with Gasteiger partial charge in [-0.05, 0) is 35.8 Å². The van der Waals surface area contributed by atoms with Crippen LogP contribution in [0.25, 0.3) is 5.69 Å². The van der Waals surface area contributed by atoms with E-state index >= 15 is 0 Å². The first-order valence-corrected chi connectivity index (χ1v) is 5.55. The molecule has 0 N–H and O–H groups in total. The van der Waals surface area contributed by atoms with Crippen LogP contribution in [0.4, 0.5) is 0 Å². The molecule has 5 heteroatoms. The van der Waals surface area contributed by atoms with Crippen molar-refractivity contribution in [1.82, 2.24) is 14.8 Å². The molecular formula is C11H10BrN3O. The lowest BCUT2D eigenvalue weighted by molar-refractivity contribution is 0.112. The van der Waals surface area contributed by atoms with Crippen LogP contribution in [0.1, 0.15) is 21.7 Å². The maximum Gasteiger partial charge on any atom is 0.151 e. The summed E-state index contributed by atoms with van der Waals surface area (Å²) in [5.41, 5.74) is 3.23. The van der Waals surface area contributed by atoms with Gasteiger partial charge in [0.1, 0.15) is 0 Å². The SMILES string of the molecule is Cc1nn(-c2cncc(C=O)c2)c(C)c1Br. The Morgan fingerprint density at radius 1 is 1.38 bits per heavy atom. The van der Waals surface area contributed by atoms with E-state index in [1.54, 1.807) is 16.9 Å². The largest absolute Gasteiger partial charge is 0.298 e. The number of pyridine rings is 1. The quantitative estimate of drug-likeness (QED) is 0.794. The summed E-state index contributed by atoms with van der Waals surface area (Å²) >= 11 is 3.46. The summed E-state index contributed by atoms with van der Waals surface area (Å²) < 4.78 is 2.74. The van der Waals surface area contributed by atoms with Gasteiger partial charge in [-0.15, -0.1) is 0 Å². The Bertz CT molecular complexity index is 548. The third-order valence-electron chi connectivity index (χ3n) is 2.33. The summed E-state index contributed by atoms with van der Waals surface area (Å²) in [7, 11) is 0. The fraction of sp³-hybridized carbons (Fsp3) is 0.182. The van der Waals surface area contributed by atoms with Crippen LogP contribution in [0.5, 0.6) is 0 Å². The summed E-state index contributed by atoms with van der Waals surface area (Å²) in [5.74, 6) is 0. The van der Waals surface area contributed by atoms with E-state index in [9.17, 15) is 4.79 Å². The van der Waals surface area contributed by atoms with Crippen LogP contribution < -0.4 is 0 Å². The standard InChI is InChI=1S/C11H10BrN3O/c1-7-11(12)8(2)15(14-7)10-3-9(6-16)4-13-5-10/h3-6H,1-2H3. The van der Waals surface area contributed by atoms with E-state index in [0.717, 1.165) is 27.8 Å². The van der Waals surface area contributed by atoms with Gasteiger partial charge in [0.15, 0.2) is 6.29 Å². The van der Waals surface area contributed by atoms with Gasteiger partial charge in [-0.1, -0.05) is 0 Å². The van der Waals surface area contributed by atoms with E-state index in [1.165, 1.54) is 6.20 Å². The van der Waals surface area contributed by atoms with Gasteiger partial charge in [0.05, 0.1) is 27.7 Å². The molecule has 0 fully saturated rings. The number of carbonyl (C=O) groups is 1. The molecule has 4 nitrogen and oxygen atoms in total. The van der Waals surface area contributed by atoms with Crippen molar-refractivity contribution in [3.63, 3.8) is 0 Å². The van der Waals surface area contributed by atoms with Crippen molar-refractivity contribution in [2.75, 3.05) is 0 Å². The van der Waals surface area contributed by atoms with E-state index in [4.69, 9.17) is 0 Å². The second-order valence-electron chi connectivity index (χ2n) is 3.49. The molecule has 0 aliphatic carbocycles. The average molecular weight is 280 g/mol. The van der Waals surface area contributed by atoms with Gasteiger partial charge >= 0.3 is 0 Å². The van der Waals surface area contributed by atoms with Crippen LogP contribution in [0.15, 0.2) is 22.9 Å². The second kappa shape index (κ2) is 4.17. The third-order valence-corrected chi connectivity index (χ3v) is 3.48. The van der Waals surface area contributed by atoms with E-state index < -0.39 is 0 Å². The predicted molar refractivity (Wildman–Crippen MR) is 63.9 cm³/mol. The number of hydrogen-bond donors (Lipinski definition) is 0. The number of aldehydes is 1. The van der Waals surface area contributed by atoms with Crippen molar-refractivity contribution in [3.05, 3.63) is 39.9 Å². The van der Waals surface area contributed by atoms with Gasteiger partial charge in [0.25, 0.3) is 0 Å². The number of rotatable bonds is 2. The number of carbonyl (C=O) groups excluding carboxylic acids is 1. The summed E-state index contributed by atoms with van der Waals surface area (Å²) in [5, 5.41) is 4.37. The Labute approximate surface area is 101 Å². The highest BCUT2D eigenvalue weighted by molar-refractivity contribution is 9.10. The third kappa shape index (κ3) is 1.78. The molecule has 2 aromatic heterocycles. The number of aryl methyl sites for hydroxylation is 1. The fourth-order valence-corrected chi connectivity index (χ4v) is 1.75. The molecule has 0 radical (unpaired) electrons. The number of aromatic nitrogens is 3. The zero-order chi connectivity index (χ0) is 11.7. The topological polar surface area (TPSA) is 47.8 Å². The molecule has 0 unspecified atom stereocenters. The zero-order valence-corrected chi connectivity index (χ0v) is 10.5. The maximum atomic E-state index is 10.7. The molecule has 2 heterocycles. The molecular weight excluding hydrogens is 270 g/mol. The zero-order valence-electron chi connectivity index (χ0n) is 8.94. The van der Waals surface area contributed by atoms with Gasteiger partial charge in [-0.2, -0.15) is 5.10 Å². The van der Waals surface area contributed by atoms with Crippen LogP contribution in [0.3, 0.4) is 0 Å². The Morgan fingerprint density at radius 3 is 2.69 bits per heavy atom. The Balaban J connectivity index is 2.58. The van der Waals surface area contributed by atoms with E-state index in [1.807, 2.05) is 13.8 Å². The van der Waals surface area contributed by atoms with Crippen molar-refractivity contribution in [3.8, 4) is 5.69 Å². The van der Waals surface area contributed by atoms with Crippen molar-refractivity contribution < 1.29 is 4.79 Å². The summed E-state index contributed by atoms with van der Waals surface area (Å²) in [4.78, 5) is 14.7. The van der Waals surface area contributed by atoms with Gasteiger partial charge in [-0.25, -0.2) is 4.68 Å². The monoisotopic (exact) mass is 279 g/mol. The maximum absolute atomic E-state index is 10.7. The molecule has 0 spiro atoms. The Morgan fingerprint density at radius 2 is 2.12 bits per heavy atom. The predicted octanol–water partition coefficient (Wildman–Crippen LogP) is 2.46. The van der Waals surface area contributed by atoms with Crippen molar-refractivity contribution in [1.29, 1.82) is 0 Å². The minimum absolute atomic E-state index is 0.543. The van der Waals surface area contributed by atoms with Crippen molar-refractivity contribution >= 4 is 22.2 Å². The van der Waals surface area contributed by atoms with Gasteiger partial charge in [-0.3, -0.25) is 9.78 Å². The van der Waals surface area contributed by atoms with Gasteiger partial charge in [0.2, 0.25) is 0 Å². The average Bonchev–Trinajstić information content (AvgIpc) is 2.57. The van der Waals surface area contributed by atoms with E-state index in [-0.39, 0.29) is 0 Å². The van der Waals surface area contributed by atoms with Crippen LogP contribution in [0, 0.1) is 13.8 Å². The number of halogens is 1. The molecule has 2 rings (SSSR count). The smallest absolute Gasteiger partial charge is 0.151 e. The first-order valence-electron chi connectivity index (χ1n) is 4.76. The van der Waals surface area contributed by atoms with Gasteiger partial charge in [0, 0.05) is 11.8 Å². The number of hydrogen-bond acceptors (Lipinski definition) is 3. The highest BCUT2D eigenvalue weighted by Gasteiger charge is 2.10. The molecule has 16 heavy (non-hydrogen) atoms. The number of nitrogens with zero attached hydrogens (tertiary/aromatic N) is 3. The van der Waals surface area contributed by atoms with Crippen molar-refractivity contribution in [2.45, 2.75) is 13.8 Å². The molecule has 0 amide bonds. The molecule has 0 saturated carbocycles. The highest BCUT2D eigenvalue weighted by Crippen LogP contribution is 2.22. The first-order chi connectivity index (χ1) is 7.63. The van der Waals surface area contributed by atoms with E-state index in [2.05, 4.69) is 26.0 Å². The van der Waals surface area contributed by atoms with E-state index in [0.29, 0.717) is 5.56 Å². The molecule has 0 aliphatic rings. The van der Waals surface area contributed by atoms with Gasteiger partial charge < -0.3 is 0 Å². The van der Waals surface area contributed by atoms with Crippen LogP contribution in [-0.4, -0.2) is 21.1 Å². The highest BCUT2D eigenvalue weighted by atomic mass is 79.9. The van der Waals surface area contributed by atoms with Crippen LogP contribution in [-0.2, 0) is 0 Å². The molecule has 0 aliphatic heterocycles. The lowest BCUT2D eigenvalue weighted by atomic mass is 10.3. The molecule has 0 saturated heterocycles. The molecule has 0 atom stereocenters. The Hall–Kier alpha value is -1.49. The second-order valence-corrected chi connectivity index (χ2v) is 4.28. The molecule has 0 aromatic carbocycles. The minimum Gasteiger partial charge on any atom is -0.298 e. The van der Waals surface area contributed by atoms with Crippen molar-refractivity contribution in [2.24, 2.45) is 0 Å². The minimum atomic E-state index is 0.543. The normalized spacial score (nSPS) is 10.4. The summed E-state index contributed by atoms with van der Waals surface area (Å²) in [6.45, 7) is 3.88. The Kier molecular flexibility index (Phi) is 2.87. The molecule has 82 valence electrons. The summed E-state index contributed by atoms with van der Waals surface area (Å²) in [6, 6.07) is 1.76. The molecule has 2 aromatic rings. The lowest BCUT2D eigenvalue weighted by Gasteiger charge is -2.03. The summed E-state index contributed by atoms with van der Waals surface area (Å²) in [6.07, 6.45) is 3.98. The van der Waals surface area contributed by atoms with Crippen LogP contribution in [0.2, 0.25) is 0 Å². The lowest BCUT2D eigenvalue weighted by Crippen LogP contribution is -2.00. The molecule has 0 bridgehead atoms. The van der Waals surface area contributed by atoms with Crippen LogP contribution >= 0.6 is 15.9 Å². The fourth-order valence-electron chi connectivity index (χ4n) is 1.50.